The van der Waals surface area contributed by atoms with Gasteiger partial charge in [0.15, 0.2) is 0 Å². The molecule has 8 bridgehead atoms. The van der Waals surface area contributed by atoms with E-state index in [0.29, 0.717) is 44.2 Å². The van der Waals surface area contributed by atoms with Gasteiger partial charge in [-0.15, -0.1) is 0 Å². The summed E-state index contributed by atoms with van der Waals surface area (Å²) in [6.45, 7) is 10.4. The van der Waals surface area contributed by atoms with Crippen molar-refractivity contribution in [1.29, 1.82) is 0 Å². The Hall–Kier alpha value is -2.17. The first-order chi connectivity index (χ1) is 21.9. The van der Waals surface area contributed by atoms with E-state index in [-0.39, 0.29) is 16.0 Å². The maximum absolute atomic E-state index is 16.0. The average Bonchev–Trinajstić information content (AvgIpc) is 3.03. The highest BCUT2D eigenvalue weighted by atomic mass is 32.2. The number of piperidine rings is 1. The molecule has 2 fully saturated rings. The van der Waals surface area contributed by atoms with Crippen LogP contribution in [0.4, 0.5) is 20.4 Å². The van der Waals surface area contributed by atoms with Crippen molar-refractivity contribution in [3.05, 3.63) is 65.1 Å². The van der Waals surface area contributed by atoms with Gasteiger partial charge in [0.05, 0.1) is 18.3 Å². The van der Waals surface area contributed by atoms with E-state index in [9.17, 15) is 0 Å². The molecule has 7 rings (SSSR count). The van der Waals surface area contributed by atoms with Gasteiger partial charge < -0.3 is 15.1 Å². The predicted molar refractivity (Wildman–Crippen MR) is 195 cm³/mol. The van der Waals surface area contributed by atoms with Gasteiger partial charge in [-0.1, -0.05) is 56.8 Å². The molecule has 2 unspecified atom stereocenters. The molecule has 5 aliphatic heterocycles. The number of anilines is 2. The second-order valence-electron chi connectivity index (χ2n) is 14.2. The number of alkyl halides is 2. The molecular weight excluding hydrogens is 615 g/mol. The van der Waals surface area contributed by atoms with Gasteiger partial charge in [0.2, 0.25) is 0 Å². The predicted octanol–water partition coefficient (Wildman–Crippen LogP) is 8.22. The summed E-state index contributed by atoms with van der Waals surface area (Å²) in [5.41, 5.74) is 3.42. The van der Waals surface area contributed by atoms with Gasteiger partial charge >= 0.3 is 0 Å². The van der Waals surface area contributed by atoms with E-state index in [4.69, 9.17) is 25.5 Å². The summed E-state index contributed by atoms with van der Waals surface area (Å²) in [4.78, 5) is 13.4. The van der Waals surface area contributed by atoms with Crippen molar-refractivity contribution in [2.45, 2.75) is 94.4 Å². The molecule has 2 radical (unpaired) electrons. The van der Waals surface area contributed by atoms with Crippen LogP contribution in [0.5, 0.6) is 0 Å². The number of halogens is 2. The van der Waals surface area contributed by atoms with Crippen LogP contribution in [0.2, 0.25) is 0 Å². The van der Waals surface area contributed by atoms with Crippen LogP contribution < -0.4 is 10.2 Å². The average molecular weight is 664 g/mol. The minimum absolute atomic E-state index is 0.0774. The van der Waals surface area contributed by atoms with Crippen molar-refractivity contribution in [3.8, 4) is 0 Å². The number of allylic oxidation sites excluding steroid dienone is 1. The lowest BCUT2D eigenvalue weighted by Crippen LogP contribution is -2.52. The van der Waals surface area contributed by atoms with Gasteiger partial charge in [-0.3, -0.25) is 0 Å². The normalized spacial score (nSPS) is 33.8. The summed E-state index contributed by atoms with van der Waals surface area (Å²) < 4.78 is 31.9. The van der Waals surface area contributed by atoms with Crippen molar-refractivity contribution < 1.29 is 8.78 Å². The van der Waals surface area contributed by atoms with Crippen LogP contribution >= 0.6 is 23.1 Å². The molecule has 5 nitrogen and oxygen atoms in total. The molecule has 46 heavy (non-hydrogen) atoms. The van der Waals surface area contributed by atoms with E-state index in [0.717, 1.165) is 79.1 Å². The number of thiol groups is 1. The number of hydrogen-bond acceptors (Lipinski definition) is 6. The van der Waals surface area contributed by atoms with Gasteiger partial charge in [0, 0.05) is 23.7 Å². The van der Waals surface area contributed by atoms with Crippen molar-refractivity contribution in [2.24, 2.45) is 11.8 Å². The summed E-state index contributed by atoms with van der Waals surface area (Å²) >= 11 is 5.29. The third-order valence-corrected chi connectivity index (χ3v) is 12.8. The van der Waals surface area contributed by atoms with Gasteiger partial charge in [-0.25, -0.2) is 18.7 Å². The van der Waals surface area contributed by atoms with E-state index < -0.39 is 22.1 Å². The van der Waals surface area contributed by atoms with Crippen LogP contribution in [-0.2, 0) is 12.5 Å². The molecule has 2 atom stereocenters. The molecule has 5 aliphatic rings. The molecule has 0 aliphatic carbocycles. The Bertz CT molecular complexity index is 1490. The second-order valence-corrected chi connectivity index (χ2v) is 17.2. The van der Waals surface area contributed by atoms with Crippen LogP contribution in [0.25, 0.3) is 6.08 Å². The molecule has 0 spiro atoms. The lowest BCUT2D eigenvalue weighted by atomic mass is 9.72. The Morgan fingerprint density at radius 3 is 2.50 bits per heavy atom. The minimum atomic E-state index is -2.91. The molecule has 246 valence electrons. The summed E-state index contributed by atoms with van der Waals surface area (Å²) in [5, 5.41) is 3.49. The fourth-order valence-electron chi connectivity index (χ4n) is 7.83. The van der Waals surface area contributed by atoms with Crippen LogP contribution in [0.1, 0.15) is 88.3 Å². The molecule has 2 saturated heterocycles. The summed E-state index contributed by atoms with van der Waals surface area (Å²) in [6, 6.07) is 6.86. The lowest BCUT2D eigenvalue weighted by molar-refractivity contribution is -0.0901. The zero-order valence-electron chi connectivity index (χ0n) is 27.4. The Kier molecular flexibility index (Phi) is 9.81. The highest BCUT2D eigenvalue weighted by Crippen LogP contribution is 2.48. The maximum atomic E-state index is 16.0. The molecule has 1 aromatic heterocycles. The van der Waals surface area contributed by atoms with E-state index in [2.05, 4.69) is 52.5 Å². The first-order valence-electron chi connectivity index (χ1n) is 16.9. The van der Waals surface area contributed by atoms with Crippen LogP contribution in [-0.4, -0.2) is 63.5 Å². The lowest BCUT2D eigenvalue weighted by Gasteiger charge is -2.45. The first kappa shape index (κ1) is 33.7. The summed E-state index contributed by atoms with van der Waals surface area (Å²) in [6.07, 6.45) is 11.4. The standard InChI is InChI=1S/C36H48BF2N5S2/c1-25-30(27-13-19-46(4)20-14-27)22-31-32-40-23-26-9-8-10-29(21-26)36(38,39)28-11-17-43(18-12-28)34(2,37)15-6-5-7-16-35(3,45)44(25)33(31)42-24-41-32/h8-10,21-22,24,27-28,45H,1,4-7,11-20,23H2,2-3H3,(H,40,41,42). The zero-order chi connectivity index (χ0) is 32.7. The number of fused-ring (bicyclic) bond motifs is 9. The minimum Gasteiger partial charge on any atom is -0.365 e. The SMILES string of the molecule is [B]C1(C)CCCCCC(C)(S)N2C(=C)C(C3CCS(=C)CC3)=Cc3c(ncnc32)NCc2cccc(c2)C(F)(F)C2CCN1CC2. The van der Waals surface area contributed by atoms with E-state index in [1.165, 1.54) is 5.57 Å². The smallest absolute Gasteiger partial charge is 0.276 e. The van der Waals surface area contributed by atoms with Crippen molar-refractivity contribution in [3.63, 3.8) is 0 Å². The summed E-state index contributed by atoms with van der Waals surface area (Å²) in [5.74, 6) is 4.81. The third-order valence-electron chi connectivity index (χ3n) is 10.7. The molecule has 2 aromatic rings. The number of benzene rings is 1. The molecule has 0 saturated carbocycles. The maximum Gasteiger partial charge on any atom is 0.276 e. The third kappa shape index (κ3) is 6.86. The fourth-order valence-corrected chi connectivity index (χ4v) is 9.65. The number of rotatable bonds is 1. The van der Waals surface area contributed by atoms with Crippen molar-refractivity contribution >= 4 is 54.5 Å². The molecule has 0 amide bonds. The number of aromatic nitrogens is 2. The highest BCUT2D eigenvalue weighted by Gasteiger charge is 2.44. The van der Waals surface area contributed by atoms with E-state index in [1.807, 2.05) is 6.07 Å². The van der Waals surface area contributed by atoms with Gasteiger partial charge in [-0.05, 0) is 105 Å². The van der Waals surface area contributed by atoms with Crippen LogP contribution in [0, 0.1) is 11.8 Å². The van der Waals surface area contributed by atoms with Gasteiger partial charge in [-0.2, -0.15) is 23.1 Å². The Balaban J connectivity index is 1.37. The van der Waals surface area contributed by atoms with Gasteiger partial charge in [0.25, 0.3) is 5.92 Å². The fraction of sp³-hybridized carbons (Fsp3) is 0.583. The second kappa shape index (κ2) is 13.4. The van der Waals surface area contributed by atoms with E-state index >= 15 is 8.78 Å². The Morgan fingerprint density at radius 2 is 1.76 bits per heavy atom. The van der Waals surface area contributed by atoms with Crippen LogP contribution in [0.15, 0.2) is 48.4 Å². The molecular formula is C36H48BF2N5S2. The Morgan fingerprint density at radius 1 is 1.04 bits per heavy atom. The quantitative estimate of drug-likeness (QED) is 0.183. The topological polar surface area (TPSA) is 44.3 Å². The molecule has 1 aromatic carbocycles. The monoisotopic (exact) mass is 663 g/mol. The number of hydrogen-bond donors (Lipinski definition) is 2. The van der Waals surface area contributed by atoms with Crippen LogP contribution in [0.3, 0.4) is 0 Å². The van der Waals surface area contributed by atoms with Crippen molar-refractivity contribution in [1.82, 2.24) is 14.9 Å². The first-order valence-corrected chi connectivity index (χ1v) is 19.1. The number of nitrogens with zero attached hydrogens (tertiary/aromatic N) is 4. The van der Waals surface area contributed by atoms with Crippen molar-refractivity contribution in [2.75, 3.05) is 34.8 Å². The molecule has 10 heteroatoms. The zero-order valence-corrected chi connectivity index (χ0v) is 29.1. The van der Waals surface area contributed by atoms with Gasteiger partial charge in [0.1, 0.15) is 18.0 Å². The largest absolute Gasteiger partial charge is 0.365 e. The number of nitrogens with one attached hydrogen (secondary N) is 1. The Labute approximate surface area is 283 Å². The highest BCUT2D eigenvalue weighted by molar-refractivity contribution is 8.14. The van der Waals surface area contributed by atoms with E-state index in [1.54, 1.807) is 24.5 Å². The molecule has 1 N–H and O–H groups in total. The summed E-state index contributed by atoms with van der Waals surface area (Å²) in [7, 11) is 7.04. The molecule has 6 heterocycles.